The van der Waals surface area contributed by atoms with Gasteiger partial charge in [0.25, 0.3) is 5.91 Å². The average molecular weight is 671 g/mol. The number of aliphatic carboxylic acids is 1. The third-order valence-corrected chi connectivity index (χ3v) is 8.69. The molecule has 4 aromatic rings. The predicted molar refractivity (Wildman–Crippen MR) is 168 cm³/mol. The number of halogens is 2. The standard InChI is InChI=1S/C30H29BrClN5O4S/c1-16(2)13-24(28(40)41)34-27(39)18-9-11-23(22(32)14-18)33-26(38)15-42-30-36-35-29(31)37(30)25-12-10-19(17-7-8-17)20-5-3-4-6-21(20)25/h3-6,9-12,14,16-17,24H,7-8,13,15H2,1-2H3,(H,33,38)(H,34,39)(H,40,41)/t24-/m0/s1. The molecule has 2 amide bonds. The van der Waals surface area contributed by atoms with Crippen LogP contribution in [0.2, 0.25) is 5.02 Å². The molecule has 0 spiro atoms. The predicted octanol–water partition coefficient (Wildman–Crippen LogP) is 6.67. The van der Waals surface area contributed by atoms with E-state index in [0.717, 1.165) is 11.1 Å². The van der Waals surface area contributed by atoms with Crippen molar-refractivity contribution in [2.75, 3.05) is 11.1 Å². The van der Waals surface area contributed by atoms with Crippen LogP contribution in [0.5, 0.6) is 0 Å². The third kappa shape index (κ3) is 6.79. The van der Waals surface area contributed by atoms with E-state index in [2.05, 4.69) is 61.0 Å². The number of amides is 2. The lowest BCUT2D eigenvalue weighted by atomic mass is 9.99. The summed E-state index contributed by atoms with van der Waals surface area (Å²) in [5, 5.41) is 26.2. The molecule has 12 heteroatoms. The minimum absolute atomic E-state index is 0.0390. The molecule has 1 aliphatic rings. The zero-order chi connectivity index (χ0) is 30.0. The number of hydrogen-bond acceptors (Lipinski definition) is 6. The summed E-state index contributed by atoms with van der Waals surface area (Å²) < 4.78 is 2.42. The van der Waals surface area contributed by atoms with Crippen molar-refractivity contribution in [3.8, 4) is 5.69 Å². The SMILES string of the molecule is CC(C)C[C@H](NC(=O)c1ccc(NC(=O)CSc2nnc(Br)n2-c2ccc(C3CC3)c3ccccc23)c(Cl)c1)C(=O)O. The van der Waals surface area contributed by atoms with Crippen molar-refractivity contribution in [2.24, 2.45) is 5.92 Å². The first kappa shape index (κ1) is 30.1. The Morgan fingerprint density at radius 2 is 1.83 bits per heavy atom. The number of hydrogen-bond donors (Lipinski definition) is 3. The highest BCUT2D eigenvalue weighted by Gasteiger charge is 2.27. The summed E-state index contributed by atoms with van der Waals surface area (Å²) in [6.07, 6.45) is 2.71. The van der Waals surface area contributed by atoms with Crippen molar-refractivity contribution in [1.29, 1.82) is 0 Å². The van der Waals surface area contributed by atoms with E-state index >= 15 is 0 Å². The van der Waals surface area contributed by atoms with E-state index in [4.69, 9.17) is 11.6 Å². The number of aromatic nitrogens is 3. The molecule has 3 N–H and O–H groups in total. The molecule has 1 fully saturated rings. The van der Waals surface area contributed by atoms with Crippen LogP contribution in [0.25, 0.3) is 16.5 Å². The Labute approximate surface area is 260 Å². The second kappa shape index (κ2) is 12.8. The van der Waals surface area contributed by atoms with Crippen molar-refractivity contribution >= 4 is 73.5 Å². The van der Waals surface area contributed by atoms with E-state index < -0.39 is 17.9 Å². The summed E-state index contributed by atoms with van der Waals surface area (Å²) in [5.74, 6) is -1.24. The minimum atomic E-state index is -1.10. The minimum Gasteiger partial charge on any atom is -0.480 e. The van der Waals surface area contributed by atoms with Gasteiger partial charge in [0.05, 0.1) is 22.2 Å². The van der Waals surface area contributed by atoms with Crippen LogP contribution < -0.4 is 10.6 Å². The molecule has 218 valence electrons. The number of carbonyl (C=O) groups excluding carboxylic acids is 2. The maximum Gasteiger partial charge on any atom is 0.326 e. The molecule has 9 nitrogen and oxygen atoms in total. The van der Waals surface area contributed by atoms with Crippen LogP contribution in [0, 0.1) is 5.92 Å². The first-order valence-corrected chi connectivity index (χ1v) is 15.7. The Balaban J connectivity index is 1.26. The molecular formula is C30H29BrClN5O4S. The van der Waals surface area contributed by atoms with Gasteiger partial charge in [-0.1, -0.05) is 67.5 Å². The molecule has 5 rings (SSSR count). The van der Waals surface area contributed by atoms with Gasteiger partial charge in [0.15, 0.2) is 5.16 Å². The van der Waals surface area contributed by atoms with Gasteiger partial charge in [0.1, 0.15) is 6.04 Å². The van der Waals surface area contributed by atoms with Gasteiger partial charge in [-0.3, -0.25) is 14.2 Å². The summed E-state index contributed by atoms with van der Waals surface area (Å²) >= 11 is 11.1. The molecule has 0 unspecified atom stereocenters. The third-order valence-electron chi connectivity index (χ3n) is 6.93. The van der Waals surface area contributed by atoms with E-state index in [1.807, 2.05) is 30.5 Å². The molecule has 0 radical (unpaired) electrons. The zero-order valence-corrected chi connectivity index (χ0v) is 26.1. The molecule has 1 aliphatic carbocycles. The lowest BCUT2D eigenvalue weighted by Crippen LogP contribution is -2.41. The summed E-state index contributed by atoms with van der Waals surface area (Å²) in [5.41, 5.74) is 2.80. The Morgan fingerprint density at radius 3 is 2.50 bits per heavy atom. The van der Waals surface area contributed by atoms with E-state index in [1.165, 1.54) is 53.8 Å². The normalized spacial score (nSPS) is 13.7. The second-order valence-electron chi connectivity index (χ2n) is 10.6. The zero-order valence-electron chi connectivity index (χ0n) is 22.9. The molecule has 1 saturated carbocycles. The van der Waals surface area contributed by atoms with E-state index in [-0.39, 0.29) is 28.2 Å². The van der Waals surface area contributed by atoms with Crippen LogP contribution in [0.4, 0.5) is 5.69 Å². The van der Waals surface area contributed by atoms with Gasteiger partial charge in [-0.05, 0) is 82.2 Å². The number of nitrogens with zero attached hydrogens (tertiary/aromatic N) is 3. The largest absolute Gasteiger partial charge is 0.480 e. The summed E-state index contributed by atoms with van der Waals surface area (Å²) in [6, 6.07) is 15.9. The molecule has 3 aromatic carbocycles. The lowest BCUT2D eigenvalue weighted by molar-refractivity contribution is -0.139. The number of thioether (sulfide) groups is 1. The maximum absolute atomic E-state index is 12.9. The summed E-state index contributed by atoms with van der Waals surface area (Å²) in [7, 11) is 0. The topological polar surface area (TPSA) is 126 Å². The first-order valence-electron chi connectivity index (χ1n) is 13.5. The van der Waals surface area contributed by atoms with Crippen molar-refractivity contribution in [2.45, 2.75) is 50.2 Å². The van der Waals surface area contributed by atoms with Gasteiger partial charge < -0.3 is 15.7 Å². The number of rotatable bonds is 11. The van der Waals surface area contributed by atoms with Crippen LogP contribution in [-0.4, -0.2) is 49.4 Å². The van der Waals surface area contributed by atoms with Gasteiger partial charge in [-0.2, -0.15) is 0 Å². The number of nitrogens with one attached hydrogen (secondary N) is 2. The highest BCUT2D eigenvalue weighted by Crippen LogP contribution is 2.44. The Morgan fingerprint density at radius 1 is 1.10 bits per heavy atom. The second-order valence-corrected chi connectivity index (χ2v) is 12.7. The number of carbonyl (C=O) groups is 3. The lowest BCUT2D eigenvalue weighted by Gasteiger charge is -2.17. The highest BCUT2D eigenvalue weighted by molar-refractivity contribution is 9.10. The van der Waals surface area contributed by atoms with E-state index in [1.54, 1.807) is 0 Å². The Bertz CT molecular complexity index is 1670. The highest BCUT2D eigenvalue weighted by atomic mass is 79.9. The number of fused-ring (bicyclic) bond motifs is 1. The molecule has 42 heavy (non-hydrogen) atoms. The van der Waals surface area contributed by atoms with E-state index in [0.29, 0.717) is 27.9 Å². The van der Waals surface area contributed by atoms with Crippen LogP contribution in [0.3, 0.4) is 0 Å². The smallest absolute Gasteiger partial charge is 0.326 e. The van der Waals surface area contributed by atoms with Crippen molar-refractivity contribution in [3.05, 3.63) is 75.5 Å². The molecule has 0 bridgehead atoms. The van der Waals surface area contributed by atoms with Gasteiger partial charge in [-0.15, -0.1) is 10.2 Å². The van der Waals surface area contributed by atoms with E-state index in [9.17, 15) is 19.5 Å². The van der Waals surface area contributed by atoms with Gasteiger partial charge in [-0.25, -0.2) is 4.79 Å². The number of benzene rings is 3. The molecule has 0 aliphatic heterocycles. The maximum atomic E-state index is 12.9. The van der Waals surface area contributed by atoms with Crippen molar-refractivity contribution in [1.82, 2.24) is 20.1 Å². The monoisotopic (exact) mass is 669 g/mol. The molecule has 1 atom stereocenters. The quantitative estimate of drug-likeness (QED) is 0.152. The van der Waals surface area contributed by atoms with Gasteiger partial charge in [0.2, 0.25) is 10.6 Å². The number of carboxylic acid groups (broad SMARTS) is 1. The molecule has 0 saturated heterocycles. The fraction of sp³-hybridized carbons (Fsp3) is 0.300. The van der Waals surface area contributed by atoms with Crippen LogP contribution in [-0.2, 0) is 9.59 Å². The van der Waals surface area contributed by atoms with Crippen LogP contribution in [0.1, 0.15) is 54.9 Å². The van der Waals surface area contributed by atoms with Crippen LogP contribution in [0.15, 0.2) is 64.5 Å². The number of carboxylic acids is 1. The molecular weight excluding hydrogens is 642 g/mol. The first-order chi connectivity index (χ1) is 20.1. The van der Waals surface area contributed by atoms with Crippen LogP contribution >= 0.6 is 39.3 Å². The fourth-order valence-electron chi connectivity index (χ4n) is 4.81. The number of anilines is 1. The van der Waals surface area contributed by atoms with Crippen molar-refractivity contribution < 1.29 is 19.5 Å². The Kier molecular flexibility index (Phi) is 9.19. The average Bonchev–Trinajstić information content (AvgIpc) is 3.73. The summed E-state index contributed by atoms with van der Waals surface area (Å²) in [4.78, 5) is 37.0. The molecule has 1 heterocycles. The fourth-order valence-corrected chi connectivity index (χ4v) is 6.34. The summed E-state index contributed by atoms with van der Waals surface area (Å²) in [6.45, 7) is 3.76. The Hall–Kier alpha value is -3.41. The van der Waals surface area contributed by atoms with Gasteiger partial charge >= 0.3 is 5.97 Å². The van der Waals surface area contributed by atoms with Gasteiger partial charge in [0, 0.05) is 10.9 Å². The molecule has 1 aromatic heterocycles. The van der Waals surface area contributed by atoms with Crippen molar-refractivity contribution in [3.63, 3.8) is 0 Å².